The Kier molecular flexibility index (Phi) is 5.59. The average molecular weight is 406 g/mol. The van der Waals surface area contributed by atoms with Crippen LogP contribution in [-0.2, 0) is 6.54 Å². The van der Waals surface area contributed by atoms with Crippen LogP contribution in [-0.4, -0.2) is 47.0 Å². The number of aryl methyl sites for hydroxylation is 2. The lowest BCUT2D eigenvalue weighted by molar-refractivity contribution is 0.0761. The third kappa shape index (κ3) is 4.09. The van der Waals surface area contributed by atoms with Gasteiger partial charge in [0.05, 0.1) is 0 Å². The van der Waals surface area contributed by atoms with E-state index >= 15 is 0 Å². The molecule has 1 aliphatic rings. The lowest BCUT2D eigenvalue weighted by Gasteiger charge is -2.22. The molecule has 0 saturated carbocycles. The van der Waals surface area contributed by atoms with Gasteiger partial charge in [-0.1, -0.05) is 17.7 Å². The summed E-state index contributed by atoms with van der Waals surface area (Å²) in [5.74, 6) is 0.181. The van der Waals surface area contributed by atoms with E-state index in [1.165, 1.54) is 6.07 Å². The SMILES string of the molecule is Cc1cccc(C(=O)N2CCCN(Cc3cc(=O)oc4c(C)c(O)ccc34)CC2)c1. The van der Waals surface area contributed by atoms with Gasteiger partial charge in [-0.05, 0) is 50.1 Å². The molecule has 156 valence electrons. The number of hydrogen-bond donors (Lipinski definition) is 1. The maximum Gasteiger partial charge on any atom is 0.336 e. The maximum atomic E-state index is 12.9. The number of benzene rings is 2. The van der Waals surface area contributed by atoms with E-state index in [2.05, 4.69) is 4.90 Å². The number of phenols is 1. The van der Waals surface area contributed by atoms with E-state index in [1.807, 2.05) is 36.1 Å². The lowest BCUT2D eigenvalue weighted by atomic mass is 10.1. The Bertz CT molecular complexity index is 1150. The van der Waals surface area contributed by atoms with Crippen LogP contribution in [0.25, 0.3) is 11.0 Å². The highest BCUT2D eigenvalue weighted by atomic mass is 16.4. The molecule has 0 unspecified atom stereocenters. The summed E-state index contributed by atoms with van der Waals surface area (Å²) in [6, 6.07) is 12.7. The lowest BCUT2D eigenvalue weighted by Crippen LogP contribution is -2.35. The zero-order chi connectivity index (χ0) is 21.3. The van der Waals surface area contributed by atoms with Gasteiger partial charge in [0.1, 0.15) is 11.3 Å². The predicted molar refractivity (Wildman–Crippen MR) is 116 cm³/mol. The van der Waals surface area contributed by atoms with E-state index in [1.54, 1.807) is 19.1 Å². The molecule has 1 aliphatic heterocycles. The summed E-state index contributed by atoms with van der Waals surface area (Å²) in [5, 5.41) is 10.8. The number of nitrogens with zero attached hydrogens (tertiary/aromatic N) is 2. The van der Waals surface area contributed by atoms with Crippen molar-refractivity contribution in [3.8, 4) is 5.75 Å². The number of rotatable bonds is 3. The molecule has 0 aliphatic carbocycles. The van der Waals surface area contributed by atoms with E-state index in [-0.39, 0.29) is 11.7 Å². The Morgan fingerprint density at radius 1 is 1.07 bits per heavy atom. The van der Waals surface area contributed by atoms with Crippen molar-refractivity contribution in [2.24, 2.45) is 0 Å². The highest BCUT2D eigenvalue weighted by Gasteiger charge is 2.21. The van der Waals surface area contributed by atoms with Gasteiger partial charge in [-0.15, -0.1) is 0 Å². The van der Waals surface area contributed by atoms with Crippen molar-refractivity contribution < 1.29 is 14.3 Å². The van der Waals surface area contributed by atoms with Gasteiger partial charge in [0.15, 0.2) is 0 Å². The fraction of sp³-hybridized carbons (Fsp3) is 0.333. The van der Waals surface area contributed by atoms with Crippen LogP contribution in [0.15, 0.2) is 51.7 Å². The predicted octanol–water partition coefficient (Wildman–Crippen LogP) is 3.46. The molecule has 0 radical (unpaired) electrons. The molecule has 0 bridgehead atoms. The van der Waals surface area contributed by atoms with Crippen LogP contribution >= 0.6 is 0 Å². The minimum atomic E-state index is -0.419. The molecule has 6 heteroatoms. The summed E-state index contributed by atoms with van der Waals surface area (Å²) >= 11 is 0. The fourth-order valence-corrected chi connectivity index (χ4v) is 4.08. The van der Waals surface area contributed by atoms with Crippen LogP contribution in [0.5, 0.6) is 5.75 Å². The molecular formula is C24H26N2O4. The molecule has 2 heterocycles. The van der Waals surface area contributed by atoms with Crippen LogP contribution in [0.2, 0.25) is 0 Å². The summed E-state index contributed by atoms with van der Waals surface area (Å²) in [4.78, 5) is 29.1. The van der Waals surface area contributed by atoms with Crippen LogP contribution in [0.1, 0.15) is 33.5 Å². The molecule has 1 fully saturated rings. The average Bonchev–Trinajstić information content (AvgIpc) is 2.96. The van der Waals surface area contributed by atoms with E-state index in [0.717, 1.165) is 41.6 Å². The number of aromatic hydroxyl groups is 1. The summed E-state index contributed by atoms with van der Waals surface area (Å²) in [7, 11) is 0. The molecule has 1 saturated heterocycles. The Morgan fingerprint density at radius 2 is 1.90 bits per heavy atom. The number of phenolic OH excluding ortho intramolecular Hbond substituents is 1. The van der Waals surface area contributed by atoms with Gasteiger partial charge in [-0.3, -0.25) is 9.69 Å². The van der Waals surface area contributed by atoms with Gasteiger partial charge in [-0.25, -0.2) is 4.79 Å². The number of hydrogen-bond acceptors (Lipinski definition) is 5. The Hall–Kier alpha value is -3.12. The third-order valence-corrected chi connectivity index (χ3v) is 5.75. The van der Waals surface area contributed by atoms with Crippen LogP contribution in [0.4, 0.5) is 0 Å². The second-order valence-corrected chi connectivity index (χ2v) is 7.97. The quantitative estimate of drug-likeness (QED) is 0.675. The van der Waals surface area contributed by atoms with E-state index in [0.29, 0.717) is 30.8 Å². The summed E-state index contributed by atoms with van der Waals surface area (Å²) in [6.45, 7) is 7.26. The van der Waals surface area contributed by atoms with Gasteiger partial charge in [0.2, 0.25) is 0 Å². The van der Waals surface area contributed by atoms with Crippen molar-refractivity contribution >= 4 is 16.9 Å². The second-order valence-electron chi connectivity index (χ2n) is 7.97. The highest BCUT2D eigenvalue weighted by molar-refractivity contribution is 5.94. The number of carbonyl (C=O) groups is 1. The third-order valence-electron chi connectivity index (χ3n) is 5.75. The summed E-state index contributed by atoms with van der Waals surface area (Å²) in [5.41, 5.74) is 3.26. The van der Waals surface area contributed by atoms with Crippen LogP contribution in [0, 0.1) is 13.8 Å². The van der Waals surface area contributed by atoms with Gasteiger partial charge in [0, 0.05) is 55.3 Å². The van der Waals surface area contributed by atoms with Crippen molar-refractivity contribution in [3.63, 3.8) is 0 Å². The normalized spacial score (nSPS) is 15.3. The number of amides is 1. The molecule has 1 amide bonds. The molecule has 1 aromatic heterocycles. The monoisotopic (exact) mass is 406 g/mol. The first kappa shape index (κ1) is 20.2. The van der Waals surface area contributed by atoms with Crippen LogP contribution in [0.3, 0.4) is 0 Å². The van der Waals surface area contributed by atoms with E-state index in [9.17, 15) is 14.7 Å². The van der Waals surface area contributed by atoms with Crippen molar-refractivity contribution in [3.05, 3.63) is 75.1 Å². The largest absolute Gasteiger partial charge is 0.508 e. The first-order valence-electron chi connectivity index (χ1n) is 10.3. The molecular weight excluding hydrogens is 380 g/mol. The maximum absolute atomic E-state index is 12.9. The van der Waals surface area contributed by atoms with Crippen molar-refractivity contribution in [1.82, 2.24) is 9.80 Å². The Labute approximate surface area is 175 Å². The first-order valence-corrected chi connectivity index (χ1v) is 10.3. The topological polar surface area (TPSA) is 74.0 Å². The zero-order valence-corrected chi connectivity index (χ0v) is 17.4. The fourth-order valence-electron chi connectivity index (χ4n) is 4.08. The number of carbonyl (C=O) groups excluding carboxylic acids is 1. The molecule has 3 aromatic rings. The van der Waals surface area contributed by atoms with Gasteiger partial charge in [0.25, 0.3) is 5.91 Å². The van der Waals surface area contributed by atoms with E-state index < -0.39 is 5.63 Å². The van der Waals surface area contributed by atoms with Crippen molar-refractivity contribution in [2.45, 2.75) is 26.8 Å². The molecule has 1 N–H and O–H groups in total. The van der Waals surface area contributed by atoms with Crippen molar-refractivity contribution in [2.75, 3.05) is 26.2 Å². The molecule has 30 heavy (non-hydrogen) atoms. The van der Waals surface area contributed by atoms with E-state index in [4.69, 9.17) is 4.42 Å². The number of fused-ring (bicyclic) bond motifs is 1. The standard InChI is InChI=1S/C24H26N2O4/c1-16-5-3-6-18(13-16)24(29)26-10-4-9-25(11-12-26)15-19-14-22(28)30-23-17(2)21(27)8-7-20(19)23/h3,5-8,13-14,27H,4,9-12,15H2,1-2H3. The summed E-state index contributed by atoms with van der Waals surface area (Å²) < 4.78 is 5.35. The van der Waals surface area contributed by atoms with Crippen LogP contribution < -0.4 is 5.63 Å². The molecule has 4 rings (SSSR count). The molecule has 2 aromatic carbocycles. The van der Waals surface area contributed by atoms with Gasteiger partial charge >= 0.3 is 5.63 Å². The highest BCUT2D eigenvalue weighted by Crippen LogP contribution is 2.28. The molecule has 6 nitrogen and oxygen atoms in total. The Balaban J connectivity index is 1.52. The smallest absolute Gasteiger partial charge is 0.336 e. The minimum Gasteiger partial charge on any atom is -0.508 e. The van der Waals surface area contributed by atoms with Gasteiger partial charge in [-0.2, -0.15) is 0 Å². The summed E-state index contributed by atoms with van der Waals surface area (Å²) in [6.07, 6.45) is 0.872. The van der Waals surface area contributed by atoms with Crippen molar-refractivity contribution in [1.29, 1.82) is 0 Å². The van der Waals surface area contributed by atoms with Gasteiger partial charge < -0.3 is 14.4 Å². The Morgan fingerprint density at radius 3 is 2.70 bits per heavy atom. The second kappa shape index (κ2) is 8.32. The minimum absolute atomic E-state index is 0.0671. The molecule has 0 spiro atoms. The zero-order valence-electron chi connectivity index (χ0n) is 17.4. The molecule has 0 atom stereocenters. The first-order chi connectivity index (χ1) is 14.4.